The monoisotopic (exact) mass is 436 g/mol. The topological polar surface area (TPSA) is 70.1 Å². The van der Waals surface area contributed by atoms with Gasteiger partial charge in [0.2, 0.25) is 0 Å². The Labute approximate surface area is 190 Å². The number of Topliss-reactive ketones (excluding diaryl/α,β-unsaturated/α-hetero) is 1. The van der Waals surface area contributed by atoms with Gasteiger partial charge in [0.15, 0.2) is 0 Å². The molecule has 1 fully saturated rings. The molecule has 0 radical (unpaired) electrons. The van der Waals surface area contributed by atoms with Gasteiger partial charge >= 0.3 is 0 Å². The normalized spacial score (nSPS) is 17.9. The number of amides is 1. The minimum absolute atomic E-state index is 0.133. The van der Waals surface area contributed by atoms with Crippen molar-refractivity contribution in [1.29, 1.82) is 0 Å². The molecule has 32 heavy (non-hydrogen) atoms. The van der Waals surface area contributed by atoms with Crippen LogP contribution in [0.1, 0.15) is 44.4 Å². The van der Waals surface area contributed by atoms with E-state index in [1.165, 1.54) is 0 Å². The number of aliphatic hydroxyl groups excluding tert-OH is 1. The van der Waals surface area contributed by atoms with Crippen molar-refractivity contribution in [1.82, 2.24) is 9.80 Å². The van der Waals surface area contributed by atoms with Crippen LogP contribution in [-0.4, -0.2) is 59.4 Å². The molecule has 6 nitrogen and oxygen atoms in total. The first-order valence-electron chi connectivity index (χ1n) is 11.3. The lowest BCUT2D eigenvalue weighted by Crippen LogP contribution is -2.33. The molecular formula is C26H32N2O4. The summed E-state index contributed by atoms with van der Waals surface area (Å²) in [5.74, 6) is -0.638. The molecule has 0 aromatic heterocycles. The molecule has 2 aromatic rings. The molecule has 0 saturated carbocycles. The predicted molar refractivity (Wildman–Crippen MR) is 125 cm³/mol. The number of likely N-dealkylation sites (tertiary alicyclic amines) is 1. The van der Waals surface area contributed by atoms with Crippen LogP contribution in [0.25, 0.3) is 5.76 Å². The lowest BCUT2D eigenvalue weighted by atomic mass is 9.95. The maximum Gasteiger partial charge on any atom is 0.295 e. The molecule has 3 rings (SSSR count). The van der Waals surface area contributed by atoms with E-state index in [9.17, 15) is 14.7 Å². The van der Waals surface area contributed by atoms with Crippen molar-refractivity contribution in [3.8, 4) is 5.75 Å². The average Bonchev–Trinajstić information content (AvgIpc) is 3.07. The Morgan fingerprint density at radius 1 is 1.00 bits per heavy atom. The fourth-order valence-corrected chi connectivity index (χ4v) is 4.13. The van der Waals surface area contributed by atoms with Gasteiger partial charge in [-0.05, 0) is 50.7 Å². The number of aliphatic hydroxyl groups is 1. The van der Waals surface area contributed by atoms with Crippen LogP contribution < -0.4 is 4.74 Å². The lowest BCUT2D eigenvalue weighted by Gasteiger charge is -2.27. The Kier molecular flexibility index (Phi) is 8.06. The quantitative estimate of drug-likeness (QED) is 0.343. The number of nitrogens with zero attached hydrogens (tertiary/aromatic N) is 2. The third-order valence-electron chi connectivity index (χ3n) is 5.86. The van der Waals surface area contributed by atoms with Crippen LogP contribution in [0.5, 0.6) is 5.75 Å². The summed E-state index contributed by atoms with van der Waals surface area (Å²) in [5, 5.41) is 11.0. The molecule has 1 aliphatic rings. The molecule has 0 unspecified atom stereocenters. The first kappa shape index (κ1) is 23.5. The van der Waals surface area contributed by atoms with Gasteiger partial charge in [-0.3, -0.25) is 9.59 Å². The molecule has 2 aromatic carbocycles. The summed E-state index contributed by atoms with van der Waals surface area (Å²) < 4.78 is 5.54. The fraction of sp³-hybridized carbons (Fsp3) is 0.385. The van der Waals surface area contributed by atoms with Crippen molar-refractivity contribution in [3.05, 3.63) is 71.3 Å². The second kappa shape index (κ2) is 11.0. The number of hydrogen-bond donors (Lipinski definition) is 1. The predicted octanol–water partition coefficient (Wildman–Crippen LogP) is 4.24. The van der Waals surface area contributed by atoms with Gasteiger partial charge in [0.05, 0.1) is 18.2 Å². The maximum absolute atomic E-state index is 13.0. The average molecular weight is 437 g/mol. The second-order valence-corrected chi connectivity index (χ2v) is 7.74. The van der Waals surface area contributed by atoms with Crippen LogP contribution >= 0.6 is 0 Å². The molecular weight excluding hydrogens is 404 g/mol. The molecule has 1 atom stereocenters. The second-order valence-electron chi connectivity index (χ2n) is 7.74. The summed E-state index contributed by atoms with van der Waals surface area (Å²) in [4.78, 5) is 29.9. The van der Waals surface area contributed by atoms with E-state index in [0.29, 0.717) is 18.7 Å². The molecule has 6 heteroatoms. The Balaban J connectivity index is 1.99. The smallest absolute Gasteiger partial charge is 0.295 e. The first-order chi connectivity index (χ1) is 15.5. The van der Waals surface area contributed by atoms with Crippen molar-refractivity contribution < 1.29 is 19.4 Å². The van der Waals surface area contributed by atoms with Gasteiger partial charge in [-0.1, -0.05) is 56.3 Å². The number of ether oxygens (including phenoxy) is 1. The summed E-state index contributed by atoms with van der Waals surface area (Å²) in [6, 6.07) is 15.6. The SMILES string of the molecule is CCOc1ccc([C@@H]2C(=C(O)c3ccccc3)C(=O)C(=O)N2CCCN(CC)CC)cc1. The number of benzene rings is 2. The van der Waals surface area contributed by atoms with E-state index >= 15 is 0 Å². The fourth-order valence-electron chi connectivity index (χ4n) is 4.13. The van der Waals surface area contributed by atoms with E-state index in [4.69, 9.17) is 4.74 Å². The van der Waals surface area contributed by atoms with Gasteiger partial charge in [-0.25, -0.2) is 0 Å². The zero-order valence-electron chi connectivity index (χ0n) is 19.1. The van der Waals surface area contributed by atoms with Crippen LogP contribution in [0.3, 0.4) is 0 Å². The molecule has 170 valence electrons. The van der Waals surface area contributed by atoms with Crippen LogP contribution in [0, 0.1) is 0 Å². The molecule has 1 amide bonds. The molecule has 0 spiro atoms. The van der Waals surface area contributed by atoms with Gasteiger partial charge in [0.1, 0.15) is 11.5 Å². The van der Waals surface area contributed by atoms with Crippen molar-refractivity contribution >= 4 is 17.4 Å². The number of ketones is 1. The Morgan fingerprint density at radius 3 is 2.25 bits per heavy atom. The molecule has 0 bridgehead atoms. The minimum atomic E-state index is -0.645. The van der Waals surface area contributed by atoms with E-state index in [0.717, 1.165) is 37.4 Å². The van der Waals surface area contributed by atoms with E-state index in [1.807, 2.05) is 37.3 Å². The van der Waals surface area contributed by atoms with Crippen molar-refractivity contribution in [2.75, 3.05) is 32.8 Å². The molecule has 1 saturated heterocycles. The van der Waals surface area contributed by atoms with Gasteiger partial charge in [-0.15, -0.1) is 0 Å². The minimum Gasteiger partial charge on any atom is -0.507 e. The van der Waals surface area contributed by atoms with E-state index in [2.05, 4.69) is 18.7 Å². The highest BCUT2D eigenvalue weighted by Crippen LogP contribution is 2.39. The lowest BCUT2D eigenvalue weighted by molar-refractivity contribution is -0.140. The standard InChI is InChI=1S/C26H32N2O4/c1-4-27(5-2)17-10-18-28-23(19-13-15-21(16-14-19)32-6-3)22(25(30)26(28)31)24(29)20-11-8-7-9-12-20/h7-9,11-16,23,29H,4-6,10,17-18H2,1-3H3/t23-/m1/s1. The van der Waals surface area contributed by atoms with Crippen LogP contribution in [-0.2, 0) is 9.59 Å². The summed E-state index contributed by atoms with van der Waals surface area (Å²) >= 11 is 0. The van der Waals surface area contributed by atoms with Crippen molar-refractivity contribution in [3.63, 3.8) is 0 Å². The third kappa shape index (κ3) is 5.02. The van der Waals surface area contributed by atoms with E-state index < -0.39 is 17.7 Å². The third-order valence-corrected chi connectivity index (χ3v) is 5.86. The van der Waals surface area contributed by atoms with Crippen LogP contribution in [0.15, 0.2) is 60.2 Å². The molecule has 1 aliphatic heterocycles. The summed E-state index contributed by atoms with van der Waals surface area (Å²) in [5.41, 5.74) is 1.42. The van der Waals surface area contributed by atoms with Gasteiger partial charge < -0.3 is 19.6 Å². The Hall–Kier alpha value is -3.12. The highest BCUT2D eigenvalue weighted by molar-refractivity contribution is 6.46. The van der Waals surface area contributed by atoms with Crippen molar-refractivity contribution in [2.45, 2.75) is 33.2 Å². The Bertz CT molecular complexity index is 950. The summed E-state index contributed by atoms with van der Waals surface area (Å²) in [6.45, 7) is 9.83. The van der Waals surface area contributed by atoms with Gasteiger partial charge in [0, 0.05) is 12.1 Å². The zero-order valence-corrected chi connectivity index (χ0v) is 19.1. The molecule has 0 aliphatic carbocycles. The molecule has 1 heterocycles. The van der Waals surface area contributed by atoms with E-state index in [-0.39, 0.29) is 11.3 Å². The van der Waals surface area contributed by atoms with Crippen LogP contribution in [0.4, 0.5) is 0 Å². The highest BCUT2D eigenvalue weighted by atomic mass is 16.5. The van der Waals surface area contributed by atoms with Crippen LogP contribution in [0.2, 0.25) is 0 Å². The Morgan fingerprint density at radius 2 is 1.66 bits per heavy atom. The summed E-state index contributed by atoms with van der Waals surface area (Å²) in [6.07, 6.45) is 0.744. The maximum atomic E-state index is 13.0. The van der Waals surface area contributed by atoms with Crippen molar-refractivity contribution in [2.24, 2.45) is 0 Å². The molecule has 1 N–H and O–H groups in total. The number of hydrogen-bond acceptors (Lipinski definition) is 5. The van der Waals surface area contributed by atoms with Gasteiger partial charge in [-0.2, -0.15) is 0 Å². The first-order valence-corrected chi connectivity index (χ1v) is 11.3. The zero-order chi connectivity index (χ0) is 23.1. The van der Waals surface area contributed by atoms with Gasteiger partial charge in [0.25, 0.3) is 11.7 Å². The number of carbonyl (C=O) groups is 2. The highest BCUT2D eigenvalue weighted by Gasteiger charge is 2.45. The largest absolute Gasteiger partial charge is 0.507 e. The van der Waals surface area contributed by atoms with E-state index in [1.54, 1.807) is 29.2 Å². The number of rotatable bonds is 10. The summed E-state index contributed by atoms with van der Waals surface area (Å²) in [7, 11) is 0. The number of carbonyl (C=O) groups excluding carboxylic acids is 2.